The molecule has 0 aliphatic carbocycles. The van der Waals surface area contributed by atoms with Gasteiger partial charge in [-0.2, -0.15) is 0 Å². The van der Waals surface area contributed by atoms with Crippen molar-refractivity contribution in [1.29, 1.82) is 0 Å². The lowest BCUT2D eigenvalue weighted by atomic mass is 10.1. The van der Waals surface area contributed by atoms with E-state index in [0.717, 1.165) is 49.2 Å². The van der Waals surface area contributed by atoms with Gasteiger partial charge in [-0.25, -0.2) is 0 Å². The normalized spacial score (nSPS) is 10.6. The number of rotatable bonds is 4. The minimum atomic E-state index is 0.816. The van der Waals surface area contributed by atoms with Crippen molar-refractivity contribution in [3.63, 3.8) is 0 Å². The fourth-order valence-electron chi connectivity index (χ4n) is 3.64. The topological polar surface area (TPSA) is 24.7 Å². The molecule has 0 spiro atoms. The van der Waals surface area contributed by atoms with Crippen LogP contribution in [0.1, 0.15) is 33.4 Å². The van der Waals surface area contributed by atoms with Crippen molar-refractivity contribution in [2.45, 2.75) is 0 Å². The molecule has 5 aromatic rings. The maximum absolute atomic E-state index is 4.65. The molecule has 0 aliphatic heterocycles. The van der Waals surface area contributed by atoms with Gasteiger partial charge in [-0.15, -0.1) is 0 Å². The summed E-state index contributed by atoms with van der Waals surface area (Å²) in [6.07, 6.45) is 3.69. The number of hydrogen-bond acceptors (Lipinski definition) is 2. The van der Waals surface area contributed by atoms with Crippen LogP contribution >= 0.6 is 15.9 Å². The van der Waals surface area contributed by atoms with Gasteiger partial charge in [-0.3, -0.25) is 9.98 Å². The molecule has 39 heavy (non-hydrogen) atoms. The van der Waals surface area contributed by atoms with E-state index in [9.17, 15) is 0 Å². The number of halogens is 1. The van der Waals surface area contributed by atoms with Gasteiger partial charge in [0.25, 0.3) is 0 Å². The van der Waals surface area contributed by atoms with E-state index < -0.39 is 0 Å². The average Bonchev–Trinajstić information content (AvgIpc) is 2.99. The molecule has 0 amide bonds. The highest BCUT2D eigenvalue weighted by Crippen LogP contribution is 2.27. The van der Waals surface area contributed by atoms with Crippen molar-refractivity contribution >= 4 is 39.7 Å². The van der Waals surface area contributed by atoms with Crippen molar-refractivity contribution in [2.75, 3.05) is 0 Å². The van der Waals surface area contributed by atoms with Gasteiger partial charge in [0.1, 0.15) is 0 Å². The molecule has 0 N–H and O–H groups in total. The predicted octanol–water partition coefficient (Wildman–Crippen LogP) is 8.75. The Labute approximate surface area is 238 Å². The molecular formula is C36H23BrN2. The molecule has 5 rings (SSSR count). The molecule has 0 aliphatic rings. The first-order chi connectivity index (χ1) is 19.2. The van der Waals surface area contributed by atoms with Crippen molar-refractivity contribution < 1.29 is 0 Å². The van der Waals surface area contributed by atoms with Gasteiger partial charge < -0.3 is 0 Å². The van der Waals surface area contributed by atoms with Gasteiger partial charge in [-0.1, -0.05) is 100 Å². The summed E-state index contributed by atoms with van der Waals surface area (Å²) >= 11 is 3.58. The summed E-state index contributed by atoms with van der Waals surface area (Å²) in [5.41, 5.74) is 7.56. The maximum Gasteiger partial charge on any atom is 0.0662 e. The third-order valence-corrected chi connectivity index (χ3v) is 6.12. The Morgan fingerprint density at radius 2 is 0.795 bits per heavy atom. The Hall–Kier alpha value is -4.96. The lowest BCUT2D eigenvalue weighted by Crippen LogP contribution is -1.83. The molecule has 0 saturated carbocycles. The van der Waals surface area contributed by atoms with Crippen LogP contribution in [0.15, 0.2) is 142 Å². The first kappa shape index (κ1) is 25.7. The summed E-state index contributed by atoms with van der Waals surface area (Å²) in [7, 11) is 0. The van der Waals surface area contributed by atoms with E-state index in [1.54, 1.807) is 0 Å². The van der Waals surface area contributed by atoms with Crippen LogP contribution in [0.25, 0.3) is 0 Å². The smallest absolute Gasteiger partial charge is 0.0662 e. The Kier molecular flexibility index (Phi) is 8.57. The summed E-state index contributed by atoms with van der Waals surface area (Å²) < 4.78 is 0.919. The van der Waals surface area contributed by atoms with E-state index in [-0.39, 0.29) is 0 Å². The van der Waals surface area contributed by atoms with E-state index in [1.807, 2.05) is 140 Å². The second-order valence-electron chi connectivity index (χ2n) is 8.66. The Morgan fingerprint density at radius 3 is 1.18 bits per heavy atom. The number of nitrogens with zero attached hydrogens (tertiary/aromatic N) is 2. The third kappa shape index (κ3) is 8.01. The average molecular weight is 563 g/mol. The van der Waals surface area contributed by atoms with Crippen molar-refractivity contribution in [3.05, 3.63) is 165 Å². The van der Waals surface area contributed by atoms with Crippen LogP contribution in [-0.4, -0.2) is 12.4 Å². The van der Waals surface area contributed by atoms with Crippen molar-refractivity contribution in [3.8, 4) is 23.7 Å². The second kappa shape index (κ2) is 13.0. The highest BCUT2D eigenvalue weighted by atomic mass is 79.9. The summed E-state index contributed by atoms with van der Waals surface area (Å²) in [5, 5.41) is 0. The summed E-state index contributed by atoms with van der Waals surface area (Å²) in [5.74, 6) is 12.8. The first-order valence-electron chi connectivity index (χ1n) is 12.4. The minimum Gasteiger partial charge on any atom is -0.256 e. The van der Waals surface area contributed by atoms with Gasteiger partial charge in [0, 0.05) is 39.2 Å². The predicted molar refractivity (Wildman–Crippen MR) is 166 cm³/mol. The van der Waals surface area contributed by atoms with Crippen molar-refractivity contribution in [1.82, 2.24) is 0 Å². The van der Waals surface area contributed by atoms with Crippen LogP contribution in [0.2, 0.25) is 0 Å². The number of benzene rings is 5. The van der Waals surface area contributed by atoms with Gasteiger partial charge in [-0.05, 0) is 77.9 Å². The molecule has 0 heterocycles. The zero-order valence-corrected chi connectivity index (χ0v) is 22.6. The fraction of sp³-hybridized carbons (Fsp3) is 0. The van der Waals surface area contributed by atoms with Crippen LogP contribution in [0.5, 0.6) is 0 Å². The van der Waals surface area contributed by atoms with Gasteiger partial charge in [0.05, 0.1) is 11.4 Å². The quantitative estimate of drug-likeness (QED) is 0.154. The fourth-order valence-corrected chi connectivity index (χ4v) is 4.11. The molecule has 0 unspecified atom stereocenters. The molecule has 2 nitrogen and oxygen atoms in total. The molecular weight excluding hydrogens is 540 g/mol. The van der Waals surface area contributed by atoms with Gasteiger partial charge >= 0.3 is 0 Å². The monoisotopic (exact) mass is 562 g/mol. The van der Waals surface area contributed by atoms with Gasteiger partial charge in [0.2, 0.25) is 0 Å². The van der Waals surface area contributed by atoms with Crippen molar-refractivity contribution in [2.24, 2.45) is 9.98 Å². The number of aliphatic imine (C=N–C) groups is 2. The van der Waals surface area contributed by atoms with Crippen LogP contribution < -0.4 is 0 Å². The molecule has 0 fully saturated rings. The van der Waals surface area contributed by atoms with E-state index in [0.29, 0.717) is 0 Å². The Bertz CT molecular complexity index is 1600. The largest absolute Gasteiger partial charge is 0.256 e. The molecule has 5 aromatic carbocycles. The Balaban J connectivity index is 1.23. The maximum atomic E-state index is 4.65. The van der Waals surface area contributed by atoms with E-state index >= 15 is 0 Å². The number of hydrogen-bond donors (Lipinski definition) is 0. The lowest BCUT2D eigenvalue weighted by molar-refractivity contribution is 1.45. The summed E-state index contributed by atoms with van der Waals surface area (Å²) in [4.78, 5) is 9.31. The van der Waals surface area contributed by atoms with E-state index in [2.05, 4.69) is 49.6 Å². The van der Waals surface area contributed by atoms with Crippen LogP contribution in [0.3, 0.4) is 0 Å². The highest BCUT2D eigenvalue weighted by Gasteiger charge is 1.98. The molecule has 184 valence electrons. The molecule has 0 bridgehead atoms. The zero-order chi connectivity index (χ0) is 26.7. The van der Waals surface area contributed by atoms with Gasteiger partial charge in [0.15, 0.2) is 0 Å². The molecule has 3 heteroatoms. The van der Waals surface area contributed by atoms with Crippen LogP contribution in [-0.2, 0) is 0 Å². The third-order valence-electron chi connectivity index (χ3n) is 5.66. The summed E-state index contributed by atoms with van der Waals surface area (Å²) in [6.45, 7) is 0. The lowest BCUT2D eigenvalue weighted by Gasteiger charge is -2.00. The highest BCUT2D eigenvalue weighted by molar-refractivity contribution is 9.10. The van der Waals surface area contributed by atoms with Crippen LogP contribution in [0.4, 0.5) is 11.4 Å². The van der Waals surface area contributed by atoms with E-state index in [1.165, 1.54) is 0 Å². The molecule has 0 aromatic heterocycles. The zero-order valence-electron chi connectivity index (χ0n) is 21.1. The molecule has 0 radical (unpaired) electrons. The first-order valence-corrected chi connectivity index (χ1v) is 13.2. The Morgan fingerprint density at radius 1 is 0.436 bits per heavy atom. The summed E-state index contributed by atoms with van der Waals surface area (Å²) in [6, 6.07) is 41.9. The SMILES string of the molecule is Brc1cc(N=Cc2ccc(C#Cc3ccccc3)cc2)cc(N=Cc2ccc(C#Cc3ccccc3)cc2)c1. The minimum absolute atomic E-state index is 0.816. The van der Waals surface area contributed by atoms with Crippen LogP contribution in [0, 0.1) is 23.7 Å². The standard InChI is InChI=1S/C36H23BrN2/c37-34-23-35(38-26-32-19-15-30(16-20-32)13-11-28-7-3-1-4-8-28)25-36(24-34)39-27-33-21-17-31(18-22-33)14-12-29-9-5-2-6-10-29/h1-10,15-27H. The van der Waals surface area contributed by atoms with E-state index in [4.69, 9.17) is 0 Å². The second-order valence-corrected chi connectivity index (χ2v) is 9.58. The molecule has 0 atom stereocenters. The molecule has 0 saturated heterocycles.